The summed E-state index contributed by atoms with van der Waals surface area (Å²) in [6.45, 7) is 0.712. The van der Waals surface area contributed by atoms with Gasteiger partial charge in [0.2, 0.25) is 5.91 Å². The predicted molar refractivity (Wildman–Crippen MR) is 93.6 cm³/mol. The van der Waals surface area contributed by atoms with Gasteiger partial charge in [-0.05, 0) is 31.4 Å². The molecule has 0 aromatic heterocycles. The summed E-state index contributed by atoms with van der Waals surface area (Å²) in [5.74, 6) is 0.713. The number of carbonyl (C=O) groups is 2. The molecule has 3 amide bonds. The molecule has 1 aliphatic heterocycles. The number of anilines is 2. The van der Waals surface area contributed by atoms with Crippen molar-refractivity contribution < 1.29 is 14.3 Å². The molecule has 1 aliphatic carbocycles. The van der Waals surface area contributed by atoms with Gasteiger partial charge in [-0.3, -0.25) is 4.79 Å². The molecule has 6 nitrogen and oxygen atoms in total. The van der Waals surface area contributed by atoms with Crippen LogP contribution in [-0.2, 0) is 4.79 Å². The van der Waals surface area contributed by atoms with E-state index >= 15 is 0 Å². The van der Waals surface area contributed by atoms with Crippen LogP contribution in [0.2, 0.25) is 0 Å². The molecule has 0 unspecified atom stereocenters. The third kappa shape index (κ3) is 3.80. The van der Waals surface area contributed by atoms with Crippen LogP contribution in [0.5, 0.6) is 5.75 Å². The third-order valence-corrected chi connectivity index (χ3v) is 4.74. The van der Waals surface area contributed by atoms with E-state index in [0.717, 1.165) is 24.9 Å². The average Bonchev–Trinajstić information content (AvgIpc) is 3.01. The second-order valence-electron chi connectivity index (χ2n) is 6.47. The SMILES string of the molecule is COc1cc(NC(=O)NC2CCCCC2)ccc1N1CCCC1=O. The fourth-order valence-corrected chi connectivity index (χ4v) is 3.48. The maximum atomic E-state index is 12.1. The lowest BCUT2D eigenvalue weighted by Crippen LogP contribution is -2.39. The van der Waals surface area contributed by atoms with Crippen molar-refractivity contribution in [2.24, 2.45) is 0 Å². The molecule has 2 fully saturated rings. The van der Waals surface area contributed by atoms with Gasteiger partial charge in [-0.2, -0.15) is 0 Å². The number of benzene rings is 1. The monoisotopic (exact) mass is 331 g/mol. The van der Waals surface area contributed by atoms with Crippen LogP contribution in [0.4, 0.5) is 16.2 Å². The van der Waals surface area contributed by atoms with Crippen LogP contribution in [0.25, 0.3) is 0 Å². The largest absolute Gasteiger partial charge is 0.494 e. The minimum absolute atomic E-state index is 0.115. The van der Waals surface area contributed by atoms with Gasteiger partial charge in [0.15, 0.2) is 0 Å². The Balaban J connectivity index is 1.65. The van der Waals surface area contributed by atoms with Crippen LogP contribution < -0.4 is 20.3 Å². The summed E-state index contributed by atoms with van der Waals surface area (Å²) in [5, 5.41) is 5.89. The van der Waals surface area contributed by atoms with E-state index in [-0.39, 0.29) is 18.0 Å². The van der Waals surface area contributed by atoms with Crippen LogP contribution in [0.15, 0.2) is 18.2 Å². The summed E-state index contributed by atoms with van der Waals surface area (Å²) in [6.07, 6.45) is 7.15. The highest BCUT2D eigenvalue weighted by molar-refractivity contribution is 5.97. The van der Waals surface area contributed by atoms with E-state index in [4.69, 9.17) is 4.74 Å². The topological polar surface area (TPSA) is 70.7 Å². The van der Waals surface area contributed by atoms with Crippen LogP contribution >= 0.6 is 0 Å². The molecule has 1 saturated carbocycles. The average molecular weight is 331 g/mol. The highest BCUT2D eigenvalue weighted by Gasteiger charge is 2.24. The number of urea groups is 1. The number of hydrogen-bond acceptors (Lipinski definition) is 3. The van der Waals surface area contributed by atoms with E-state index in [1.165, 1.54) is 19.3 Å². The lowest BCUT2D eigenvalue weighted by Gasteiger charge is -2.23. The Morgan fingerprint density at radius 1 is 1.21 bits per heavy atom. The maximum Gasteiger partial charge on any atom is 0.319 e. The summed E-state index contributed by atoms with van der Waals surface area (Å²) in [6, 6.07) is 5.49. The molecule has 2 aliphatic rings. The molecule has 0 atom stereocenters. The molecule has 2 N–H and O–H groups in total. The van der Waals surface area contributed by atoms with E-state index in [0.29, 0.717) is 24.4 Å². The van der Waals surface area contributed by atoms with E-state index < -0.39 is 0 Å². The summed E-state index contributed by atoms with van der Waals surface area (Å²) in [4.78, 5) is 25.8. The zero-order chi connectivity index (χ0) is 16.9. The van der Waals surface area contributed by atoms with Crippen molar-refractivity contribution in [3.05, 3.63) is 18.2 Å². The standard InChI is InChI=1S/C18H25N3O3/c1-24-16-12-14(9-10-15(16)21-11-5-8-17(21)22)20-18(23)19-13-6-3-2-4-7-13/h9-10,12-13H,2-8,11H2,1H3,(H2,19,20,23). The van der Waals surface area contributed by atoms with Gasteiger partial charge in [0, 0.05) is 30.8 Å². The van der Waals surface area contributed by atoms with Crippen molar-refractivity contribution in [1.29, 1.82) is 0 Å². The van der Waals surface area contributed by atoms with E-state index in [1.54, 1.807) is 18.1 Å². The lowest BCUT2D eigenvalue weighted by atomic mass is 9.96. The first kappa shape index (κ1) is 16.6. The zero-order valence-electron chi connectivity index (χ0n) is 14.1. The molecule has 1 saturated heterocycles. The Hall–Kier alpha value is -2.24. The van der Waals surface area contributed by atoms with Gasteiger partial charge >= 0.3 is 6.03 Å². The number of ether oxygens (including phenoxy) is 1. The fraction of sp³-hybridized carbons (Fsp3) is 0.556. The highest BCUT2D eigenvalue weighted by atomic mass is 16.5. The second kappa shape index (κ2) is 7.55. The molecule has 0 spiro atoms. The Morgan fingerprint density at radius 2 is 2.00 bits per heavy atom. The van der Waals surface area contributed by atoms with Crippen molar-refractivity contribution in [2.75, 3.05) is 23.9 Å². The minimum Gasteiger partial charge on any atom is -0.494 e. The summed E-state index contributed by atoms with van der Waals surface area (Å²) >= 11 is 0. The molecule has 24 heavy (non-hydrogen) atoms. The van der Waals surface area contributed by atoms with Gasteiger partial charge in [0.05, 0.1) is 12.8 Å². The second-order valence-corrected chi connectivity index (χ2v) is 6.47. The number of hydrogen-bond donors (Lipinski definition) is 2. The minimum atomic E-state index is -0.186. The smallest absolute Gasteiger partial charge is 0.319 e. The number of nitrogens with zero attached hydrogens (tertiary/aromatic N) is 1. The number of carbonyl (C=O) groups excluding carboxylic acids is 2. The quantitative estimate of drug-likeness (QED) is 0.889. The fourth-order valence-electron chi connectivity index (χ4n) is 3.48. The van der Waals surface area contributed by atoms with E-state index in [2.05, 4.69) is 10.6 Å². The highest BCUT2D eigenvalue weighted by Crippen LogP contribution is 2.33. The van der Waals surface area contributed by atoms with E-state index in [1.807, 2.05) is 12.1 Å². The van der Waals surface area contributed by atoms with Gasteiger partial charge in [-0.15, -0.1) is 0 Å². The molecule has 3 rings (SSSR count). The van der Waals surface area contributed by atoms with E-state index in [9.17, 15) is 9.59 Å². The third-order valence-electron chi connectivity index (χ3n) is 4.74. The molecule has 1 heterocycles. The summed E-state index contributed by atoms with van der Waals surface area (Å²) in [5.41, 5.74) is 1.42. The molecular weight excluding hydrogens is 306 g/mol. The number of methoxy groups -OCH3 is 1. The van der Waals surface area contributed by atoms with Crippen molar-refractivity contribution >= 4 is 23.3 Å². The lowest BCUT2D eigenvalue weighted by molar-refractivity contribution is -0.117. The molecular formula is C18H25N3O3. The first-order valence-electron chi connectivity index (χ1n) is 8.73. The van der Waals surface area contributed by atoms with Crippen molar-refractivity contribution in [3.63, 3.8) is 0 Å². The molecule has 0 bridgehead atoms. The Labute approximate surface area is 142 Å². The maximum absolute atomic E-state index is 12.1. The Kier molecular flexibility index (Phi) is 5.23. The van der Waals surface area contributed by atoms with Crippen molar-refractivity contribution in [3.8, 4) is 5.75 Å². The zero-order valence-corrected chi connectivity index (χ0v) is 14.1. The van der Waals surface area contributed by atoms with Gasteiger partial charge in [0.1, 0.15) is 5.75 Å². The van der Waals surface area contributed by atoms with Crippen LogP contribution in [0, 0.1) is 0 Å². The van der Waals surface area contributed by atoms with Crippen molar-refractivity contribution in [2.45, 2.75) is 51.0 Å². The number of rotatable bonds is 4. The number of amides is 3. The first-order valence-corrected chi connectivity index (χ1v) is 8.73. The first-order chi connectivity index (χ1) is 11.7. The van der Waals surface area contributed by atoms with Crippen molar-refractivity contribution in [1.82, 2.24) is 5.32 Å². The number of nitrogens with one attached hydrogen (secondary N) is 2. The molecule has 1 aromatic carbocycles. The van der Waals surface area contributed by atoms with Gasteiger partial charge < -0.3 is 20.3 Å². The van der Waals surface area contributed by atoms with Crippen LogP contribution in [0.1, 0.15) is 44.9 Å². The van der Waals surface area contributed by atoms with Crippen LogP contribution in [0.3, 0.4) is 0 Å². The summed E-state index contributed by atoms with van der Waals surface area (Å²) in [7, 11) is 1.57. The molecule has 0 radical (unpaired) electrons. The molecule has 6 heteroatoms. The molecule has 130 valence electrons. The van der Waals surface area contributed by atoms with Gasteiger partial charge in [0.25, 0.3) is 0 Å². The summed E-state index contributed by atoms with van der Waals surface area (Å²) < 4.78 is 5.41. The van der Waals surface area contributed by atoms with Gasteiger partial charge in [-0.1, -0.05) is 19.3 Å². The van der Waals surface area contributed by atoms with Crippen LogP contribution in [-0.4, -0.2) is 31.6 Å². The molecule has 1 aromatic rings. The predicted octanol–water partition coefficient (Wildman–Crippen LogP) is 3.28. The van der Waals surface area contributed by atoms with Gasteiger partial charge in [-0.25, -0.2) is 4.79 Å². The normalized spacial score (nSPS) is 18.5. The Morgan fingerprint density at radius 3 is 2.67 bits per heavy atom. The Bertz CT molecular complexity index is 612.